The first-order chi connectivity index (χ1) is 11.6. The quantitative estimate of drug-likeness (QED) is 0.869. The van der Waals surface area contributed by atoms with E-state index in [2.05, 4.69) is 18.3 Å². The summed E-state index contributed by atoms with van der Waals surface area (Å²) in [6.45, 7) is 5.19. The van der Waals surface area contributed by atoms with Crippen LogP contribution >= 0.6 is 12.4 Å². The second-order valence-corrected chi connectivity index (χ2v) is 6.88. The summed E-state index contributed by atoms with van der Waals surface area (Å²) in [5, 5.41) is 3.19. The van der Waals surface area contributed by atoms with Crippen LogP contribution in [0, 0.1) is 11.8 Å². The highest BCUT2D eigenvalue weighted by molar-refractivity contribution is 6.00. The van der Waals surface area contributed by atoms with Gasteiger partial charge in [0.2, 0.25) is 11.8 Å². The van der Waals surface area contributed by atoms with E-state index in [-0.39, 0.29) is 30.1 Å². The molecule has 0 radical (unpaired) electrons. The van der Waals surface area contributed by atoms with Crippen molar-refractivity contribution in [1.29, 1.82) is 0 Å². The Morgan fingerprint density at radius 3 is 2.76 bits per heavy atom. The van der Waals surface area contributed by atoms with Crippen molar-refractivity contribution in [2.75, 3.05) is 38.1 Å². The molecule has 2 atom stereocenters. The average molecular weight is 366 g/mol. The number of carbonyl (C=O) groups is 2. The lowest BCUT2D eigenvalue weighted by Crippen LogP contribution is -2.36. The first-order valence-electron chi connectivity index (χ1n) is 8.95. The monoisotopic (exact) mass is 365 g/mol. The molecule has 0 aromatic heterocycles. The molecule has 0 spiro atoms. The molecule has 2 aliphatic rings. The summed E-state index contributed by atoms with van der Waals surface area (Å²) in [6, 6.07) is 8.00. The molecular formula is C19H28ClN3O2. The van der Waals surface area contributed by atoms with Gasteiger partial charge >= 0.3 is 0 Å². The molecule has 2 unspecified atom stereocenters. The lowest BCUT2D eigenvalue weighted by Gasteiger charge is -2.22. The minimum Gasteiger partial charge on any atom is -0.342 e. The molecule has 2 saturated heterocycles. The molecule has 2 amide bonds. The summed E-state index contributed by atoms with van der Waals surface area (Å²) in [6.07, 6.45) is 2.27. The fraction of sp³-hybridized carbons (Fsp3) is 0.579. The zero-order valence-corrected chi connectivity index (χ0v) is 15.8. The molecule has 0 saturated carbocycles. The van der Waals surface area contributed by atoms with Crippen molar-refractivity contribution in [3.05, 3.63) is 29.8 Å². The van der Waals surface area contributed by atoms with Crippen LogP contribution in [-0.2, 0) is 16.0 Å². The maximum Gasteiger partial charge on any atom is 0.228 e. The Balaban J connectivity index is 0.00000225. The van der Waals surface area contributed by atoms with Crippen molar-refractivity contribution in [3.63, 3.8) is 0 Å². The topological polar surface area (TPSA) is 52.7 Å². The molecule has 2 heterocycles. The van der Waals surface area contributed by atoms with Gasteiger partial charge in [-0.3, -0.25) is 9.59 Å². The van der Waals surface area contributed by atoms with E-state index >= 15 is 0 Å². The number of aryl methyl sites for hydroxylation is 1. The van der Waals surface area contributed by atoms with Crippen LogP contribution in [0.3, 0.4) is 0 Å². The van der Waals surface area contributed by atoms with Crippen LogP contribution in [0.1, 0.15) is 25.3 Å². The number of halogens is 1. The molecule has 0 bridgehead atoms. The fourth-order valence-electron chi connectivity index (χ4n) is 3.93. The van der Waals surface area contributed by atoms with Crippen LogP contribution in [0.5, 0.6) is 0 Å². The number of anilines is 1. The number of nitrogens with one attached hydrogen (secondary N) is 1. The van der Waals surface area contributed by atoms with E-state index in [1.54, 1.807) is 0 Å². The fourth-order valence-corrected chi connectivity index (χ4v) is 3.93. The van der Waals surface area contributed by atoms with Gasteiger partial charge in [0.15, 0.2) is 0 Å². The van der Waals surface area contributed by atoms with Gasteiger partial charge in [-0.15, -0.1) is 12.4 Å². The summed E-state index contributed by atoms with van der Waals surface area (Å²) in [4.78, 5) is 29.0. The number of rotatable bonds is 5. The molecule has 25 heavy (non-hydrogen) atoms. The maximum absolute atomic E-state index is 12.8. The van der Waals surface area contributed by atoms with Gasteiger partial charge in [-0.05, 0) is 44.0 Å². The van der Waals surface area contributed by atoms with Gasteiger partial charge in [-0.2, -0.15) is 0 Å². The minimum absolute atomic E-state index is 0. The van der Waals surface area contributed by atoms with E-state index in [1.165, 1.54) is 0 Å². The minimum atomic E-state index is -0.198. The largest absolute Gasteiger partial charge is 0.342 e. The molecule has 1 aromatic rings. The molecule has 1 aromatic carbocycles. The standard InChI is InChI=1S/C19H27N3O2.ClH/c1-3-15-6-4-5-7-17(15)22-13-16(10-18(22)23)19(24)21-9-8-14(12-21)11-20-2;/h4-7,14,16,20H,3,8-13H2,1-2H3;1H. The van der Waals surface area contributed by atoms with Crippen LogP contribution in [0.2, 0.25) is 0 Å². The third-order valence-electron chi connectivity index (χ3n) is 5.23. The Morgan fingerprint density at radius 2 is 2.04 bits per heavy atom. The van der Waals surface area contributed by atoms with Crippen LogP contribution in [0.15, 0.2) is 24.3 Å². The number of benzene rings is 1. The molecule has 0 aliphatic carbocycles. The lowest BCUT2D eigenvalue weighted by molar-refractivity contribution is -0.134. The first-order valence-corrected chi connectivity index (χ1v) is 8.95. The number of nitrogens with zero attached hydrogens (tertiary/aromatic N) is 2. The number of carbonyl (C=O) groups excluding carboxylic acids is 2. The molecule has 2 aliphatic heterocycles. The number of likely N-dealkylation sites (tertiary alicyclic amines) is 1. The summed E-state index contributed by atoms with van der Waals surface area (Å²) < 4.78 is 0. The first kappa shape index (κ1) is 19.7. The van der Waals surface area contributed by atoms with E-state index in [4.69, 9.17) is 0 Å². The van der Waals surface area contributed by atoms with Crippen LogP contribution < -0.4 is 10.2 Å². The maximum atomic E-state index is 12.8. The third-order valence-corrected chi connectivity index (χ3v) is 5.23. The van der Waals surface area contributed by atoms with Gasteiger partial charge in [0.25, 0.3) is 0 Å². The van der Waals surface area contributed by atoms with Gasteiger partial charge in [0, 0.05) is 31.7 Å². The predicted octanol–water partition coefficient (Wildman–Crippen LogP) is 2.09. The molecular weight excluding hydrogens is 338 g/mol. The highest BCUT2D eigenvalue weighted by atomic mass is 35.5. The van der Waals surface area contributed by atoms with E-state index in [0.29, 0.717) is 18.9 Å². The highest BCUT2D eigenvalue weighted by Gasteiger charge is 2.39. The van der Waals surface area contributed by atoms with E-state index in [1.807, 2.05) is 35.0 Å². The molecule has 2 fully saturated rings. The van der Waals surface area contributed by atoms with Gasteiger partial charge in [-0.1, -0.05) is 25.1 Å². The van der Waals surface area contributed by atoms with Crippen LogP contribution in [-0.4, -0.2) is 49.9 Å². The van der Waals surface area contributed by atoms with Gasteiger partial charge in [0.05, 0.1) is 5.92 Å². The number of hydrogen-bond donors (Lipinski definition) is 1. The summed E-state index contributed by atoms with van der Waals surface area (Å²) in [7, 11) is 1.95. The van der Waals surface area contributed by atoms with Crippen molar-refractivity contribution >= 4 is 29.9 Å². The molecule has 3 rings (SSSR count). The highest BCUT2D eigenvalue weighted by Crippen LogP contribution is 2.30. The summed E-state index contributed by atoms with van der Waals surface area (Å²) in [5.41, 5.74) is 2.13. The van der Waals surface area contributed by atoms with Crippen LogP contribution in [0.25, 0.3) is 0 Å². The average Bonchev–Trinajstić information content (AvgIpc) is 3.21. The van der Waals surface area contributed by atoms with E-state index in [0.717, 1.165) is 43.7 Å². The Kier molecular flexibility index (Phi) is 6.85. The second-order valence-electron chi connectivity index (χ2n) is 6.88. The number of amides is 2. The Hall–Kier alpha value is -1.59. The van der Waals surface area contributed by atoms with Crippen molar-refractivity contribution in [2.45, 2.75) is 26.2 Å². The van der Waals surface area contributed by atoms with Crippen molar-refractivity contribution in [1.82, 2.24) is 10.2 Å². The van der Waals surface area contributed by atoms with E-state index < -0.39 is 0 Å². The number of para-hydroxylation sites is 1. The molecule has 5 nitrogen and oxygen atoms in total. The summed E-state index contributed by atoms with van der Waals surface area (Å²) >= 11 is 0. The predicted molar refractivity (Wildman–Crippen MR) is 102 cm³/mol. The van der Waals surface area contributed by atoms with Crippen LogP contribution in [0.4, 0.5) is 5.69 Å². The van der Waals surface area contributed by atoms with E-state index in [9.17, 15) is 9.59 Å². The normalized spacial score (nSPS) is 23.0. The Bertz CT molecular complexity index is 622. The second kappa shape index (κ2) is 8.68. The Morgan fingerprint density at radius 1 is 1.28 bits per heavy atom. The number of hydrogen-bond acceptors (Lipinski definition) is 3. The van der Waals surface area contributed by atoms with Gasteiger partial charge < -0.3 is 15.1 Å². The van der Waals surface area contributed by atoms with Gasteiger partial charge in [-0.25, -0.2) is 0 Å². The van der Waals surface area contributed by atoms with Crippen molar-refractivity contribution in [2.24, 2.45) is 11.8 Å². The lowest BCUT2D eigenvalue weighted by atomic mass is 10.1. The third kappa shape index (κ3) is 4.15. The SMILES string of the molecule is CCc1ccccc1N1CC(C(=O)N2CCC(CNC)C2)CC1=O.Cl. The molecule has 138 valence electrons. The molecule has 6 heteroatoms. The molecule has 1 N–H and O–H groups in total. The van der Waals surface area contributed by atoms with Crippen molar-refractivity contribution < 1.29 is 9.59 Å². The zero-order chi connectivity index (χ0) is 17.1. The summed E-state index contributed by atoms with van der Waals surface area (Å²) in [5.74, 6) is 0.558. The zero-order valence-electron chi connectivity index (χ0n) is 15.0. The van der Waals surface area contributed by atoms with Gasteiger partial charge in [0.1, 0.15) is 0 Å². The smallest absolute Gasteiger partial charge is 0.228 e. The Labute approximate surface area is 156 Å². The van der Waals surface area contributed by atoms with Crippen molar-refractivity contribution in [3.8, 4) is 0 Å².